The van der Waals surface area contributed by atoms with Crippen LogP contribution in [-0.4, -0.2) is 46.2 Å². The number of carboxylic acids is 1. The molecule has 5 nitrogen and oxygen atoms in total. The number of nitrogens with one attached hydrogen (secondary N) is 1. The van der Waals surface area contributed by atoms with Gasteiger partial charge in [0.1, 0.15) is 0 Å². The molecule has 8 heteroatoms. The summed E-state index contributed by atoms with van der Waals surface area (Å²) in [7, 11) is 0. The number of hydrogen-bond donors (Lipinski definition) is 3. The minimum atomic E-state index is -1.53. The van der Waals surface area contributed by atoms with Crippen molar-refractivity contribution < 1.29 is 28.6 Å². The summed E-state index contributed by atoms with van der Waals surface area (Å²) in [6, 6.07) is 0.538. The van der Waals surface area contributed by atoms with E-state index < -0.39 is 40.7 Å². The first-order valence-electron chi connectivity index (χ1n) is 5.98. The molecule has 0 aliphatic rings. The highest BCUT2D eigenvalue weighted by atomic mass is 32.2. The van der Waals surface area contributed by atoms with E-state index in [1.807, 2.05) is 0 Å². The van der Waals surface area contributed by atoms with Gasteiger partial charge in [0, 0.05) is 11.3 Å². The van der Waals surface area contributed by atoms with Crippen molar-refractivity contribution in [1.29, 1.82) is 0 Å². The molecule has 0 saturated heterocycles. The number of halogens is 2. The maximum absolute atomic E-state index is 13.2. The lowest BCUT2D eigenvalue weighted by molar-refractivity contribution is 0.0689. The Kier molecular flexibility index (Phi) is 6.10. The molecule has 0 radical (unpaired) electrons. The molecule has 21 heavy (non-hydrogen) atoms. The summed E-state index contributed by atoms with van der Waals surface area (Å²) in [6.45, 7) is 1.43. The van der Waals surface area contributed by atoms with E-state index in [-0.39, 0.29) is 11.9 Å². The van der Waals surface area contributed by atoms with E-state index in [1.54, 1.807) is 13.2 Å². The van der Waals surface area contributed by atoms with E-state index in [9.17, 15) is 18.4 Å². The summed E-state index contributed by atoms with van der Waals surface area (Å²) in [4.78, 5) is 23.0. The van der Waals surface area contributed by atoms with Crippen LogP contribution in [0.25, 0.3) is 0 Å². The summed E-state index contributed by atoms with van der Waals surface area (Å²) >= 11 is 1.32. The number of carbonyl (C=O) groups is 2. The number of rotatable bonds is 6. The Hall–Kier alpha value is -1.67. The van der Waals surface area contributed by atoms with Crippen LogP contribution in [0.3, 0.4) is 0 Å². The smallest absolute Gasteiger partial charge is 0.336 e. The fourth-order valence-corrected chi connectivity index (χ4v) is 2.35. The van der Waals surface area contributed by atoms with Gasteiger partial charge in [-0.15, -0.1) is 0 Å². The van der Waals surface area contributed by atoms with Crippen molar-refractivity contribution in [2.75, 3.05) is 12.9 Å². The van der Waals surface area contributed by atoms with Crippen molar-refractivity contribution in [1.82, 2.24) is 5.32 Å². The highest BCUT2D eigenvalue weighted by Crippen LogP contribution is 2.17. The van der Waals surface area contributed by atoms with Gasteiger partial charge >= 0.3 is 5.97 Å². The van der Waals surface area contributed by atoms with Crippen LogP contribution in [0.15, 0.2) is 12.1 Å². The third-order valence-electron chi connectivity index (χ3n) is 2.93. The number of thioether (sulfide) groups is 1. The molecule has 0 heterocycles. The van der Waals surface area contributed by atoms with Crippen molar-refractivity contribution >= 4 is 23.6 Å². The Morgan fingerprint density at radius 1 is 1.29 bits per heavy atom. The Balaban J connectivity index is 3.07. The third-order valence-corrected chi connectivity index (χ3v) is 4.10. The molecule has 0 aromatic heterocycles. The van der Waals surface area contributed by atoms with Gasteiger partial charge in [0.15, 0.2) is 11.6 Å². The Morgan fingerprint density at radius 2 is 1.81 bits per heavy atom. The SMILES string of the molecule is CSC(CO)C(C)NC(=O)c1cc(F)c(F)cc1C(=O)O. The molecular formula is C13H15F2NO4S. The van der Waals surface area contributed by atoms with Crippen LogP contribution in [-0.2, 0) is 0 Å². The zero-order valence-corrected chi connectivity index (χ0v) is 12.2. The normalized spacial score (nSPS) is 13.6. The fraction of sp³-hybridized carbons (Fsp3) is 0.385. The molecule has 116 valence electrons. The predicted molar refractivity (Wildman–Crippen MR) is 74.6 cm³/mol. The molecule has 3 N–H and O–H groups in total. The van der Waals surface area contributed by atoms with Crippen LogP contribution in [0.5, 0.6) is 0 Å². The van der Waals surface area contributed by atoms with Gasteiger partial charge in [-0.2, -0.15) is 11.8 Å². The lowest BCUT2D eigenvalue weighted by Crippen LogP contribution is -2.41. The van der Waals surface area contributed by atoms with Crippen molar-refractivity contribution in [3.8, 4) is 0 Å². The maximum Gasteiger partial charge on any atom is 0.336 e. The highest BCUT2D eigenvalue weighted by Gasteiger charge is 2.23. The van der Waals surface area contributed by atoms with Crippen molar-refractivity contribution in [3.05, 3.63) is 34.9 Å². The second kappa shape index (κ2) is 7.37. The first kappa shape index (κ1) is 17.4. The molecule has 1 amide bonds. The molecular weight excluding hydrogens is 304 g/mol. The minimum Gasteiger partial charge on any atom is -0.478 e. The number of carbonyl (C=O) groups excluding carboxylic acids is 1. The van der Waals surface area contributed by atoms with E-state index in [2.05, 4.69) is 5.32 Å². The molecule has 2 unspecified atom stereocenters. The topological polar surface area (TPSA) is 86.6 Å². The van der Waals surface area contributed by atoms with Gasteiger partial charge in [-0.1, -0.05) is 0 Å². The monoisotopic (exact) mass is 319 g/mol. The summed E-state index contributed by atoms with van der Waals surface area (Å²) in [6.07, 6.45) is 1.74. The molecule has 2 atom stereocenters. The Morgan fingerprint density at radius 3 is 2.24 bits per heavy atom. The molecule has 0 saturated carbocycles. The molecule has 0 aliphatic heterocycles. The number of aliphatic hydroxyl groups is 1. The van der Waals surface area contributed by atoms with Gasteiger partial charge in [-0.25, -0.2) is 13.6 Å². The Labute approximate surface area is 124 Å². The van der Waals surface area contributed by atoms with Crippen molar-refractivity contribution in [2.24, 2.45) is 0 Å². The van der Waals surface area contributed by atoms with E-state index >= 15 is 0 Å². The second-order valence-electron chi connectivity index (χ2n) is 4.34. The van der Waals surface area contributed by atoms with Crippen LogP contribution in [0.2, 0.25) is 0 Å². The summed E-state index contributed by atoms with van der Waals surface area (Å²) in [5.74, 6) is -5.02. The number of aliphatic hydroxyl groups excluding tert-OH is 1. The quantitative estimate of drug-likeness (QED) is 0.740. The molecule has 1 aromatic carbocycles. The van der Waals surface area contributed by atoms with Gasteiger partial charge in [-0.3, -0.25) is 4.79 Å². The van der Waals surface area contributed by atoms with Crippen LogP contribution in [0.4, 0.5) is 8.78 Å². The lowest BCUT2D eigenvalue weighted by Gasteiger charge is -2.21. The minimum absolute atomic E-state index is 0.188. The number of benzene rings is 1. The molecule has 0 spiro atoms. The zero-order valence-electron chi connectivity index (χ0n) is 11.4. The first-order chi connectivity index (χ1) is 9.81. The van der Waals surface area contributed by atoms with Crippen LogP contribution in [0.1, 0.15) is 27.6 Å². The van der Waals surface area contributed by atoms with Gasteiger partial charge in [0.05, 0.1) is 17.7 Å². The van der Waals surface area contributed by atoms with Crippen LogP contribution >= 0.6 is 11.8 Å². The van der Waals surface area contributed by atoms with E-state index in [1.165, 1.54) is 11.8 Å². The largest absolute Gasteiger partial charge is 0.478 e. The molecule has 0 bridgehead atoms. The second-order valence-corrected chi connectivity index (χ2v) is 5.41. The number of amides is 1. The predicted octanol–water partition coefficient (Wildman–Crippen LogP) is 1.51. The average Bonchev–Trinajstić information content (AvgIpc) is 2.42. The van der Waals surface area contributed by atoms with Crippen molar-refractivity contribution in [2.45, 2.75) is 18.2 Å². The van der Waals surface area contributed by atoms with Gasteiger partial charge in [-0.05, 0) is 25.3 Å². The highest BCUT2D eigenvalue weighted by molar-refractivity contribution is 7.99. The Bertz CT molecular complexity index is 549. The van der Waals surface area contributed by atoms with Crippen LogP contribution in [0, 0.1) is 11.6 Å². The summed E-state index contributed by atoms with van der Waals surface area (Å²) < 4.78 is 26.3. The third kappa shape index (κ3) is 4.15. The molecule has 1 rings (SSSR count). The van der Waals surface area contributed by atoms with Gasteiger partial charge < -0.3 is 15.5 Å². The van der Waals surface area contributed by atoms with E-state index in [4.69, 9.17) is 10.2 Å². The summed E-state index contributed by atoms with van der Waals surface area (Å²) in [5, 5.41) is 20.2. The zero-order chi connectivity index (χ0) is 16.2. The number of hydrogen-bond acceptors (Lipinski definition) is 4. The van der Waals surface area contributed by atoms with Gasteiger partial charge in [0.25, 0.3) is 5.91 Å². The maximum atomic E-state index is 13.2. The molecule has 0 aliphatic carbocycles. The van der Waals surface area contributed by atoms with Crippen molar-refractivity contribution in [3.63, 3.8) is 0 Å². The van der Waals surface area contributed by atoms with E-state index in [0.29, 0.717) is 12.1 Å². The first-order valence-corrected chi connectivity index (χ1v) is 7.27. The number of aromatic carboxylic acids is 1. The molecule has 0 fully saturated rings. The fourth-order valence-electron chi connectivity index (χ4n) is 1.73. The standard InChI is InChI=1S/C13H15F2NO4S/c1-6(11(5-17)21-2)16-12(18)7-3-9(14)10(15)4-8(7)13(19)20/h3-4,6,11,17H,5H2,1-2H3,(H,16,18)(H,19,20). The van der Waals surface area contributed by atoms with Gasteiger partial charge in [0.2, 0.25) is 0 Å². The average molecular weight is 319 g/mol. The lowest BCUT2D eigenvalue weighted by atomic mass is 10.1. The number of carboxylic acid groups (broad SMARTS) is 1. The van der Waals surface area contributed by atoms with Crippen LogP contribution < -0.4 is 5.32 Å². The summed E-state index contributed by atoms with van der Waals surface area (Å²) in [5.41, 5.74) is -1.09. The molecule has 1 aromatic rings. The van der Waals surface area contributed by atoms with E-state index in [0.717, 1.165) is 0 Å².